The second kappa shape index (κ2) is 7.56. The van der Waals surface area contributed by atoms with E-state index in [2.05, 4.69) is 9.82 Å². The molecule has 3 aromatic rings. The highest BCUT2D eigenvalue weighted by Gasteiger charge is 2.26. The zero-order valence-electron chi connectivity index (χ0n) is 16.2. The third-order valence-electron chi connectivity index (χ3n) is 4.73. The molecule has 0 aliphatic carbocycles. The number of anilines is 1. The van der Waals surface area contributed by atoms with Gasteiger partial charge in [-0.15, -0.1) is 0 Å². The average molecular weight is 384 g/mol. The van der Waals surface area contributed by atoms with Crippen molar-refractivity contribution < 1.29 is 8.42 Å². The lowest BCUT2D eigenvalue weighted by Crippen LogP contribution is -2.17. The standard InChI is InChI=1S/C21H25N3O2S/c1-5-17-11-10-12-18(6-2)20(17)23-27(25,26)21-15(3)22-24(16(21)4)19-13-8-7-9-14-19/h7-14,23H,5-6H2,1-4H3. The Morgan fingerprint density at radius 3 is 2.07 bits per heavy atom. The molecule has 0 bridgehead atoms. The Morgan fingerprint density at radius 1 is 0.926 bits per heavy atom. The van der Waals surface area contributed by atoms with Gasteiger partial charge in [-0.1, -0.05) is 50.2 Å². The zero-order valence-corrected chi connectivity index (χ0v) is 17.0. The summed E-state index contributed by atoms with van der Waals surface area (Å²) in [5, 5.41) is 4.47. The lowest BCUT2D eigenvalue weighted by Gasteiger charge is -2.16. The van der Waals surface area contributed by atoms with Crippen molar-refractivity contribution in [3.8, 4) is 5.69 Å². The summed E-state index contributed by atoms with van der Waals surface area (Å²) in [7, 11) is -3.76. The minimum atomic E-state index is -3.76. The quantitative estimate of drug-likeness (QED) is 0.685. The van der Waals surface area contributed by atoms with Crippen molar-refractivity contribution in [2.24, 2.45) is 0 Å². The van der Waals surface area contributed by atoms with E-state index in [1.807, 2.05) is 62.4 Å². The highest BCUT2D eigenvalue weighted by Crippen LogP contribution is 2.29. The van der Waals surface area contributed by atoms with E-state index in [-0.39, 0.29) is 4.90 Å². The predicted octanol–water partition coefficient (Wildman–Crippen LogP) is 4.41. The summed E-state index contributed by atoms with van der Waals surface area (Å²) in [6.45, 7) is 7.56. The molecule has 0 spiro atoms. The Labute approximate surface area is 161 Å². The minimum absolute atomic E-state index is 0.235. The molecule has 0 unspecified atom stereocenters. The predicted molar refractivity (Wildman–Crippen MR) is 109 cm³/mol. The van der Waals surface area contributed by atoms with Crippen molar-refractivity contribution in [1.82, 2.24) is 9.78 Å². The number of para-hydroxylation sites is 2. The second-order valence-corrected chi connectivity index (χ2v) is 8.13. The molecule has 1 aromatic heterocycles. The van der Waals surface area contributed by atoms with Gasteiger partial charge in [0.1, 0.15) is 4.90 Å². The summed E-state index contributed by atoms with van der Waals surface area (Å²) in [5.41, 5.74) is 4.58. The first kappa shape index (κ1) is 19.2. The van der Waals surface area contributed by atoms with Gasteiger partial charge in [-0.2, -0.15) is 5.10 Å². The van der Waals surface area contributed by atoms with Crippen LogP contribution in [0.15, 0.2) is 53.4 Å². The fraction of sp³-hybridized carbons (Fsp3) is 0.286. The third kappa shape index (κ3) is 3.62. The third-order valence-corrected chi connectivity index (χ3v) is 6.33. The van der Waals surface area contributed by atoms with Gasteiger partial charge in [0.25, 0.3) is 10.0 Å². The smallest absolute Gasteiger partial charge is 0.265 e. The van der Waals surface area contributed by atoms with E-state index in [9.17, 15) is 8.42 Å². The molecule has 1 heterocycles. The summed E-state index contributed by atoms with van der Waals surface area (Å²) in [4.78, 5) is 0.235. The normalized spacial score (nSPS) is 11.6. The van der Waals surface area contributed by atoms with Gasteiger partial charge in [0.2, 0.25) is 0 Å². The van der Waals surface area contributed by atoms with Crippen LogP contribution in [0.3, 0.4) is 0 Å². The molecule has 0 fully saturated rings. The van der Waals surface area contributed by atoms with Crippen molar-refractivity contribution in [2.45, 2.75) is 45.4 Å². The van der Waals surface area contributed by atoms with E-state index >= 15 is 0 Å². The molecule has 2 aromatic carbocycles. The first-order valence-electron chi connectivity index (χ1n) is 9.14. The molecule has 5 nitrogen and oxygen atoms in total. The highest BCUT2D eigenvalue weighted by molar-refractivity contribution is 7.92. The zero-order chi connectivity index (χ0) is 19.6. The molecule has 6 heteroatoms. The van der Waals surface area contributed by atoms with Crippen LogP contribution in [0, 0.1) is 13.8 Å². The summed E-state index contributed by atoms with van der Waals surface area (Å²) in [5.74, 6) is 0. The molecular formula is C21H25N3O2S. The Balaban J connectivity index is 2.09. The molecule has 3 rings (SSSR count). The van der Waals surface area contributed by atoms with E-state index in [4.69, 9.17) is 0 Å². The molecule has 0 saturated heterocycles. The van der Waals surface area contributed by atoms with Crippen LogP contribution in [0.1, 0.15) is 36.4 Å². The largest absolute Gasteiger partial charge is 0.279 e. The summed E-state index contributed by atoms with van der Waals surface area (Å²) >= 11 is 0. The Kier molecular flexibility index (Phi) is 5.37. The summed E-state index contributed by atoms with van der Waals surface area (Å²) < 4.78 is 31.0. The van der Waals surface area contributed by atoms with Crippen molar-refractivity contribution in [2.75, 3.05) is 4.72 Å². The van der Waals surface area contributed by atoms with Crippen molar-refractivity contribution in [3.63, 3.8) is 0 Å². The van der Waals surface area contributed by atoms with Crippen LogP contribution < -0.4 is 4.72 Å². The number of hydrogen-bond acceptors (Lipinski definition) is 3. The van der Waals surface area contributed by atoms with Gasteiger partial charge in [0.15, 0.2) is 0 Å². The van der Waals surface area contributed by atoms with Crippen LogP contribution >= 0.6 is 0 Å². The van der Waals surface area contributed by atoms with Crippen molar-refractivity contribution in [3.05, 3.63) is 71.0 Å². The van der Waals surface area contributed by atoms with Gasteiger partial charge in [-0.3, -0.25) is 4.72 Å². The lowest BCUT2D eigenvalue weighted by atomic mass is 10.0. The number of nitrogens with zero attached hydrogens (tertiary/aromatic N) is 2. The Hall–Kier alpha value is -2.60. The number of rotatable bonds is 6. The van der Waals surface area contributed by atoms with E-state index < -0.39 is 10.0 Å². The number of aromatic nitrogens is 2. The second-order valence-electron chi connectivity index (χ2n) is 6.51. The van der Waals surface area contributed by atoms with E-state index in [0.29, 0.717) is 17.1 Å². The van der Waals surface area contributed by atoms with Crippen LogP contribution in [0.5, 0.6) is 0 Å². The number of hydrogen-bond donors (Lipinski definition) is 1. The van der Waals surface area contributed by atoms with Gasteiger partial charge >= 0.3 is 0 Å². The monoisotopic (exact) mass is 383 g/mol. The van der Waals surface area contributed by atoms with Gasteiger partial charge in [0, 0.05) is 0 Å². The van der Waals surface area contributed by atoms with Gasteiger partial charge in [-0.25, -0.2) is 13.1 Å². The first-order chi connectivity index (χ1) is 12.9. The number of sulfonamides is 1. The summed E-state index contributed by atoms with van der Waals surface area (Å²) in [6, 6.07) is 15.4. The number of benzene rings is 2. The van der Waals surface area contributed by atoms with Crippen LogP contribution in [-0.4, -0.2) is 18.2 Å². The van der Waals surface area contributed by atoms with Crippen molar-refractivity contribution >= 4 is 15.7 Å². The molecule has 142 valence electrons. The van der Waals surface area contributed by atoms with Gasteiger partial charge < -0.3 is 0 Å². The van der Waals surface area contributed by atoms with E-state index in [0.717, 1.165) is 29.7 Å². The van der Waals surface area contributed by atoms with Crippen LogP contribution in [-0.2, 0) is 22.9 Å². The molecule has 27 heavy (non-hydrogen) atoms. The molecule has 1 N–H and O–H groups in total. The first-order valence-corrected chi connectivity index (χ1v) is 10.6. The topological polar surface area (TPSA) is 64.0 Å². The molecule has 0 aliphatic rings. The molecule has 0 aliphatic heterocycles. The van der Waals surface area contributed by atoms with Crippen molar-refractivity contribution in [1.29, 1.82) is 0 Å². The minimum Gasteiger partial charge on any atom is -0.279 e. The highest BCUT2D eigenvalue weighted by atomic mass is 32.2. The van der Waals surface area contributed by atoms with Crippen LogP contribution in [0.2, 0.25) is 0 Å². The Bertz CT molecular complexity index is 1030. The molecule has 0 saturated carbocycles. The average Bonchev–Trinajstić information content (AvgIpc) is 2.97. The maximum Gasteiger partial charge on any atom is 0.265 e. The molecule has 0 amide bonds. The van der Waals surface area contributed by atoms with E-state index in [1.165, 1.54) is 0 Å². The van der Waals surface area contributed by atoms with Crippen LogP contribution in [0.25, 0.3) is 5.69 Å². The SMILES string of the molecule is CCc1cccc(CC)c1NS(=O)(=O)c1c(C)nn(-c2ccccc2)c1C. The fourth-order valence-electron chi connectivity index (χ4n) is 3.40. The summed E-state index contributed by atoms with van der Waals surface area (Å²) in [6.07, 6.45) is 1.51. The van der Waals surface area contributed by atoms with E-state index in [1.54, 1.807) is 18.5 Å². The number of aryl methyl sites for hydroxylation is 3. The maximum absolute atomic E-state index is 13.3. The van der Waals surface area contributed by atoms with Gasteiger partial charge in [-0.05, 0) is 49.9 Å². The van der Waals surface area contributed by atoms with Crippen LogP contribution in [0.4, 0.5) is 5.69 Å². The molecular weight excluding hydrogens is 358 g/mol. The lowest BCUT2D eigenvalue weighted by molar-refractivity contribution is 0.600. The van der Waals surface area contributed by atoms with Gasteiger partial charge in [0.05, 0.1) is 22.8 Å². The Morgan fingerprint density at radius 2 is 1.52 bits per heavy atom. The maximum atomic E-state index is 13.3. The molecule has 0 radical (unpaired) electrons. The number of nitrogens with one attached hydrogen (secondary N) is 1. The molecule has 0 atom stereocenters. The fourth-order valence-corrected chi connectivity index (χ4v) is 4.94.